The topological polar surface area (TPSA) is 24.5 Å². The van der Waals surface area contributed by atoms with Gasteiger partial charge in [-0.15, -0.1) is 0 Å². The Hall–Kier alpha value is 0.447. The highest BCUT2D eigenvalue weighted by Gasteiger charge is 2.39. The van der Waals surface area contributed by atoms with Gasteiger partial charge in [0.2, 0.25) is 8.32 Å². The number of rotatable bonds is 9. The molecule has 0 aromatic rings. The normalized spacial score (nSPS) is 24.0. The van der Waals surface area contributed by atoms with Gasteiger partial charge >= 0.3 is 0 Å². The summed E-state index contributed by atoms with van der Waals surface area (Å²) in [6.45, 7) is 15.7. The lowest BCUT2D eigenvalue weighted by Crippen LogP contribution is -2.62. The number of hydrogen-bond donors (Lipinski definition) is 2. The standard InChI is InChI=1S/C16H36N2OSSi/c1-6-8-15(20)9-10-16(21(4,5)19-7-2)18-12-11-17-13-14(18)3/h14-17,20H,6-13H2,1-5H3. The van der Waals surface area contributed by atoms with Gasteiger partial charge in [-0.25, -0.2) is 0 Å². The van der Waals surface area contributed by atoms with E-state index in [0.717, 1.165) is 26.2 Å². The molecule has 0 aromatic heterocycles. The molecule has 0 aliphatic carbocycles. The molecule has 3 atom stereocenters. The number of nitrogens with zero attached hydrogens (tertiary/aromatic N) is 1. The van der Waals surface area contributed by atoms with Crippen LogP contribution in [0.1, 0.15) is 46.5 Å². The molecule has 1 aliphatic heterocycles. The Morgan fingerprint density at radius 3 is 2.57 bits per heavy atom. The zero-order chi connectivity index (χ0) is 15.9. The molecule has 0 saturated carbocycles. The van der Waals surface area contributed by atoms with Crippen LogP contribution in [-0.4, -0.2) is 56.4 Å². The second-order valence-corrected chi connectivity index (χ2v) is 11.8. The molecule has 0 radical (unpaired) electrons. The minimum atomic E-state index is -1.69. The van der Waals surface area contributed by atoms with Crippen LogP contribution in [0.25, 0.3) is 0 Å². The second-order valence-electron chi connectivity index (χ2n) is 6.86. The third-order valence-electron chi connectivity index (χ3n) is 4.67. The van der Waals surface area contributed by atoms with E-state index in [9.17, 15) is 0 Å². The molecule has 3 unspecified atom stereocenters. The van der Waals surface area contributed by atoms with Crippen LogP contribution in [0.2, 0.25) is 13.1 Å². The Balaban J connectivity index is 2.73. The van der Waals surface area contributed by atoms with Crippen molar-refractivity contribution in [2.24, 2.45) is 0 Å². The van der Waals surface area contributed by atoms with Gasteiger partial charge in [-0.1, -0.05) is 13.3 Å². The maximum atomic E-state index is 6.24. The molecule has 1 heterocycles. The monoisotopic (exact) mass is 332 g/mol. The van der Waals surface area contributed by atoms with E-state index in [1.54, 1.807) is 0 Å². The molecule has 0 amide bonds. The van der Waals surface area contributed by atoms with E-state index in [1.165, 1.54) is 25.7 Å². The largest absolute Gasteiger partial charge is 0.416 e. The van der Waals surface area contributed by atoms with E-state index in [2.05, 4.69) is 44.1 Å². The summed E-state index contributed by atoms with van der Waals surface area (Å²) in [6.07, 6.45) is 4.90. The third kappa shape index (κ3) is 6.22. The van der Waals surface area contributed by atoms with E-state index < -0.39 is 8.32 Å². The van der Waals surface area contributed by atoms with Crippen LogP contribution in [0.5, 0.6) is 0 Å². The fraction of sp³-hybridized carbons (Fsp3) is 1.00. The second kappa shape index (κ2) is 9.56. The molecule has 3 nitrogen and oxygen atoms in total. The zero-order valence-electron chi connectivity index (χ0n) is 14.7. The zero-order valence-corrected chi connectivity index (χ0v) is 16.6. The van der Waals surface area contributed by atoms with E-state index in [4.69, 9.17) is 17.1 Å². The number of hydrogen-bond acceptors (Lipinski definition) is 4. The molecule has 1 fully saturated rings. The van der Waals surface area contributed by atoms with Crippen LogP contribution < -0.4 is 5.32 Å². The summed E-state index contributed by atoms with van der Waals surface area (Å²) in [7, 11) is -1.69. The van der Waals surface area contributed by atoms with Crippen molar-refractivity contribution in [2.75, 3.05) is 26.2 Å². The van der Waals surface area contributed by atoms with Crippen molar-refractivity contribution < 1.29 is 4.43 Å². The van der Waals surface area contributed by atoms with Crippen LogP contribution in [0, 0.1) is 0 Å². The van der Waals surface area contributed by atoms with Gasteiger partial charge in [-0.05, 0) is 46.2 Å². The van der Waals surface area contributed by atoms with Gasteiger partial charge in [0.15, 0.2) is 0 Å². The molecule has 0 bridgehead atoms. The summed E-state index contributed by atoms with van der Waals surface area (Å²) in [4.78, 5) is 2.71. The summed E-state index contributed by atoms with van der Waals surface area (Å²) in [5, 5.41) is 4.05. The molecular weight excluding hydrogens is 296 g/mol. The Bertz CT molecular complexity index is 291. The first-order valence-corrected chi connectivity index (χ1v) is 12.2. The van der Waals surface area contributed by atoms with Crippen LogP contribution in [0.15, 0.2) is 0 Å². The Morgan fingerprint density at radius 2 is 2.00 bits per heavy atom. The van der Waals surface area contributed by atoms with Crippen molar-refractivity contribution in [3.63, 3.8) is 0 Å². The van der Waals surface area contributed by atoms with Gasteiger partial charge in [-0.2, -0.15) is 12.6 Å². The van der Waals surface area contributed by atoms with Gasteiger partial charge in [0, 0.05) is 43.2 Å². The molecule has 126 valence electrons. The summed E-state index contributed by atoms with van der Waals surface area (Å²) >= 11 is 4.76. The van der Waals surface area contributed by atoms with Crippen molar-refractivity contribution in [3.05, 3.63) is 0 Å². The van der Waals surface area contributed by atoms with Crippen LogP contribution >= 0.6 is 12.6 Å². The van der Waals surface area contributed by atoms with Crippen LogP contribution in [0.3, 0.4) is 0 Å². The SMILES string of the molecule is CCCC(S)CCC(N1CCNCC1C)[Si](C)(C)OCC. The van der Waals surface area contributed by atoms with E-state index >= 15 is 0 Å². The quantitative estimate of drug-likeness (QED) is 0.500. The third-order valence-corrected chi connectivity index (χ3v) is 8.44. The van der Waals surface area contributed by atoms with Crippen molar-refractivity contribution >= 4 is 20.9 Å². The van der Waals surface area contributed by atoms with E-state index in [1.807, 2.05) is 0 Å². The average Bonchev–Trinajstić information content (AvgIpc) is 2.41. The van der Waals surface area contributed by atoms with Crippen LogP contribution in [0.4, 0.5) is 0 Å². The molecule has 5 heteroatoms. The smallest absolute Gasteiger partial charge is 0.203 e. The first-order valence-electron chi connectivity index (χ1n) is 8.70. The average molecular weight is 333 g/mol. The highest BCUT2D eigenvalue weighted by molar-refractivity contribution is 7.80. The summed E-state index contributed by atoms with van der Waals surface area (Å²) in [5.74, 6) is 0. The molecule has 1 N–H and O–H groups in total. The van der Waals surface area contributed by atoms with Gasteiger partial charge in [-0.3, -0.25) is 4.90 Å². The van der Waals surface area contributed by atoms with Gasteiger partial charge in [0.05, 0.1) is 0 Å². The van der Waals surface area contributed by atoms with E-state index in [0.29, 0.717) is 17.0 Å². The van der Waals surface area contributed by atoms with Crippen molar-refractivity contribution in [3.8, 4) is 0 Å². The summed E-state index contributed by atoms with van der Waals surface area (Å²) in [5.41, 5.74) is 0.612. The Kier molecular flexibility index (Phi) is 8.87. The molecule has 1 rings (SSSR count). The minimum absolute atomic E-state index is 0.544. The first kappa shape index (κ1) is 19.5. The number of thiol groups is 1. The van der Waals surface area contributed by atoms with Gasteiger partial charge < -0.3 is 9.74 Å². The summed E-state index contributed by atoms with van der Waals surface area (Å²) in [6, 6.07) is 0.612. The maximum Gasteiger partial charge on any atom is 0.203 e. The molecule has 1 aliphatic rings. The van der Waals surface area contributed by atoms with E-state index in [-0.39, 0.29) is 0 Å². The predicted molar refractivity (Wildman–Crippen MR) is 98.8 cm³/mol. The molecular formula is C16H36N2OSSi. The van der Waals surface area contributed by atoms with Crippen molar-refractivity contribution in [1.29, 1.82) is 0 Å². The van der Waals surface area contributed by atoms with Crippen molar-refractivity contribution in [1.82, 2.24) is 10.2 Å². The molecule has 0 spiro atoms. The lowest BCUT2D eigenvalue weighted by atomic mass is 10.1. The first-order chi connectivity index (χ1) is 9.92. The maximum absolute atomic E-state index is 6.24. The summed E-state index contributed by atoms with van der Waals surface area (Å²) < 4.78 is 6.24. The van der Waals surface area contributed by atoms with Crippen molar-refractivity contribution in [2.45, 2.75) is 76.5 Å². The predicted octanol–water partition coefficient (Wildman–Crippen LogP) is 3.31. The Morgan fingerprint density at radius 1 is 1.29 bits per heavy atom. The number of piperazine rings is 1. The minimum Gasteiger partial charge on any atom is -0.416 e. The number of nitrogens with one attached hydrogen (secondary N) is 1. The van der Waals surface area contributed by atoms with Crippen LogP contribution in [-0.2, 0) is 4.43 Å². The lowest BCUT2D eigenvalue weighted by molar-refractivity contribution is 0.128. The highest BCUT2D eigenvalue weighted by atomic mass is 32.1. The highest BCUT2D eigenvalue weighted by Crippen LogP contribution is 2.26. The fourth-order valence-electron chi connectivity index (χ4n) is 3.53. The van der Waals surface area contributed by atoms with Gasteiger partial charge in [0.25, 0.3) is 0 Å². The molecule has 1 saturated heterocycles. The lowest BCUT2D eigenvalue weighted by Gasteiger charge is -2.46. The Labute approximate surface area is 138 Å². The molecule has 0 aromatic carbocycles. The fourth-order valence-corrected chi connectivity index (χ4v) is 6.92. The molecule has 21 heavy (non-hydrogen) atoms. The van der Waals surface area contributed by atoms with Gasteiger partial charge in [0.1, 0.15) is 0 Å².